The van der Waals surface area contributed by atoms with Crippen LogP contribution in [0.25, 0.3) is 11.0 Å². The van der Waals surface area contributed by atoms with Crippen molar-refractivity contribution in [3.8, 4) is 0 Å². The number of imidazole rings is 1. The summed E-state index contributed by atoms with van der Waals surface area (Å²) in [6.07, 6.45) is 0. The van der Waals surface area contributed by atoms with E-state index in [0.29, 0.717) is 17.2 Å². The van der Waals surface area contributed by atoms with Crippen molar-refractivity contribution < 1.29 is 4.79 Å². The van der Waals surface area contributed by atoms with E-state index in [1.807, 2.05) is 24.3 Å². The van der Waals surface area contributed by atoms with Gasteiger partial charge in [0, 0.05) is 15.7 Å². The third-order valence-corrected chi connectivity index (χ3v) is 3.26. The topological polar surface area (TPSA) is 83.8 Å². The van der Waals surface area contributed by atoms with Gasteiger partial charge in [0.05, 0.1) is 11.0 Å². The van der Waals surface area contributed by atoms with Gasteiger partial charge in [-0.15, -0.1) is 0 Å². The average molecular weight is 331 g/mol. The van der Waals surface area contributed by atoms with Crippen LogP contribution in [0.2, 0.25) is 0 Å². The minimum Gasteiger partial charge on any atom is -0.399 e. The Bertz CT molecular complexity index is 743. The Hall–Kier alpha value is -2.34. The fraction of sp³-hybridized carbons (Fsp3) is 0. The van der Waals surface area contributed by atoms with Crippen molar-refractivity contribution in [3.63, 3.8) is 0 Å². The number of rotatable bonds is 2. The van der Waals surface area contributed by atoms with Gasteiger partial charge in [0.25, 0.3) is 5.91 Å². The lowest BCUT2D eigenvalue weighted by atomic mass is 10.2. The first kappa shape index (κ1) is 12.7. The quantitative estimate of drug-likeness (QED) is 0.631. The Morgan fingerprint density at radius 3 is 2.80 bits per heavy atom. The van der Waals surface area contributed by atoms with Crippen LogP contribution >= 0.6 is 15.9 Å². The molecule has 3 aromatic rings. The molecule has 0 saturated carbocycles. The van der Waals surface area contributed by atoms with E-state index in [1.54, 1.807) is 18.2 Å². The van der Waals surface area contributed by atoms with Crippen molar-refractivity contribution in [1.82, 2.24) is 9.97 Å². The lowest BCUT2D eigenvalue weighted by Crippen LogP contribution is -2.13. The van der Waals surface area contributed by atoms with Crippen LogP contribution in [0.4, 0.5) is 11.6 Å². The second kappa shape index (κ2) is 4.97. The first-order valence-corrected chi connectivity index (χ1v) is 6.73. The zero-order chi connectivity index (χ0) is 14.1. The number of carbonyl (C=O) groups excluding carboxylic acids is 1. The van der Waals surface area contributed by atoms with Gasteiger partial charge in [-0.25, -0.2) is 4.98 Å². The summed E-state index contributed by atoms with van der Waals surface area (Å²) in [5.74, 6) is 0.145. The van der Waals surface area contributed by atoms with E-state index >= 15 is 0 Å². The van der Waals surface area contributed by atoms with Gasteiger partial charge in [0.1, 0.15) is 0 Å². The van der Waals surface area contributed by atoms with Crippen LogP contribution in [0.3, 0.4) is 0 Å². The molecule has 2 aromatic carbocycles. The number of H-pyrrole nitrogens is 1. The van der Waals surface area contributed by atoms with Crippen molar-refractivity contribution >= 4 is 44.5 Å². The Morgan fingerprint density at radius 2 is 2.05 bits per heavy atom. The average Bonchev–Trinajstić information content (AvgIpc) is 2.79. The Balaban J connectivity index is 1.88. The molecular weight excluding hydrogens is 320 g/mol. The molecule has 20 heavy (non-hydrogen) atoms. The number of nitrogens with zero attached hydrogens (tertiary/aromatic N) is 1. The fourth-order valence-electron chi connectivity index (χ4n) is 1.94. The van der Waals surface area contributed by atoms with Crippen LogP contribution < -0.4 is 11.1 Å². The number of fused-ring (bicyclic) bond motifs is 1. The van der Waals surface area contributed by atoms with Crippen molar-refractivity contribution in [2.75, 3.05) is 11.1 Å². The molecule has 1 amide bonds. The number of carbonyl (C=O) groups is 1. The molecule has 1 aromatic heterocycles. The van der Waals surface area contributed by atoms with Crippen molar-refractivity contribution in [3.05, 3.63) is 52.5 Å². The first-order valence-electron chi connectivity index (χ1n) is 5.94. The molecule has 0 atom stereocenters. The molecule has 0 fully saturated rings. The van der Waals surface area contributed by atoms with Crippen molar-refractivity contribution in [1.29, 1.82) is 0 Å². The van der Waals surface area contributed by atoms with Gasteiger partial charge in [-0.3, -0.25) is 10.1 Å². The Labute approximate surface area is 123 Å². The number of hydrogen-bond acceptors (Lipinski definition) is 3. The summed E-state index contributed by atoms with van der Waals surface area (Å²) in [5.41, 5.74) is 8.38. The molecule has 5 nitrogen and oxygen atoms in total. The highest BCUT2D eigenvalue weighted by Crippen LogP contribution is 2.19. The summed E-state index contributed by atoms with van der Waals surface area (Å²) in [6, 6.07) is 12.6. The number of aromatic amines is 1. The number of halogens is 1. The minimum absolute atomic E-state index is 0.267. The monoisotopic (exact) mass is 330 g/mol. The zero-order valence-corrected chi connectivity index (χ0v) is 11.9. The lowest BCUT2D eigenvalue weighted by molar-refractivity contribution is 0.102. The molecule has 0 aliphatic rings. The molecule has 0 unspecified atom stereocenters. The van der Waals surface area contributed by atoms with Gasteiger partial charge in [-0.05, 0) is 30.3 Å². The highest BCUT2D eigenvalue weighted by atomic mass is 79.9. The van der Waals surface area contributed by atoms with Crippen molar-refractivity contribution in [2.24, 2.45) is 0 Å². The Morgan fingerprint density at radius 1 is 1.25 bits per heavy atom. The van der Waals surface area contributed by atoms with Gasteiger partial charge >= 0.3 is 0 Å². The highest BCUT2D eigenvalue weighted by Gasteiger charge is 2.10. The minimum atomic E-state index is -0.267. The number of nitrogens with one attached hydrogen (secondary N) is 2. The van der Waals surface area contributed by atoms with E-state index in [1.165, 1.54) is 0 Å². The molecule has 0 bridgehead atoms. The van der Waals surface area contributed by atoms with E-state index < -0.39 is 0 Å². The smallest absolute Gasteiger partial charge is 0.258 e. The number of nitrogen functional groups attached to an aromatic ring is 1. The summed E-state index contributed by atoms with van der Waals surface area (Å²) in [5, 5.41) is 2.72. The number of hydrogen-bond donors (Lipinski definition) is 3. The van der Waals surface area contributed by atoms with E-state index in [4.69, 9.17) is 5.73 Å². The molecule has 6 heteroatoms. The lowest BCUT2D eigenvalue weighted by Gasteiger charge is -2.04. The van der Waals surface area contributed by atoms with E-state index in [2.05, 4.69) is 31.2 Å². The molecule has 0 radical (unpaired) electrons. The predicted molar refractivity (Wildman–Crippen MR) is 82.6 cm³/mol. The maximum absolute atomic E-state index is 12.1. The number of anilines is 2. The summed E-state index contributed by atoms with van der Waals surface area (Å²) in [4.78, 5) is 19.5. The number of nitrogens with two attached hydrogens (primary N) is 1. The van der Waals surface area contributed by atoms with Crippen LogP contribution in [-0.2, 0) is 0 Å². The van der Waals surface area contributed by atoms with Crippen LogP contribution in [0.5, 0.6) is 0 Å². The number of aromatic nitrogens is 2. The van der Waals surface area contributed by atoms with E-state index in [0.717, 1.165) is 15.5 Å². The summed E-state index contributed by atoms with van der Waals surface area (Å²) in [7, 11) is 0. The highest BCUT2D eigenvalue weighted by molar-refractivity contribution is 9.10. The van der Waals surface area contributed by atoms with Gasteiger partial charge in [-0.2, -0.15) is 0 Å². The predicted octanol–water partition coefficient (Wildman–Crippen LogP) is 3.16. The van der Waals surface area contributed by atoms with Crippen molar-refractivity contribution in [2.45, 2.75) is 0 Å². The standard InChI is InChI=1S/C14H11BrN4O/c15-9-5-8(6-10(16)7-9)13(20)19-14-17-11-3-1-2-4-12(11)18-14/h1-7H,16H2,(H2,17,18,19,20). The molecular formula is C14H11BrN4O. The maximum atomic E-state index is 12.1. The number of benzene rings is 2. The first-order chi connectivity index (χ1) is 9.61. The second-order valence-corrected chi connectivity index (χ2v) is 5.25. The molecule has 1 heterocycles. The number of amides is 1. The van der Waals surface area contributed by atoms with Crippen LogP contribution in [-0.4, -0.2) is 15.9 Å². The maximum Gasteiger partial charge on any atom is 0.258 e. The normalized spacial score (nSPS) is 10.7. The van der Waals surface area contributed by atoms with Crippen LogP contribution in [0, 0.1) is 0 Å². The summed E-state index contributed by atoms with van der Waals surface area (Å²) >= 11 is 3.31. The molecule has 0 aliphatic carbocycles. The summed E-state index contributed by atoms with van der Waals surface area (Å²) < 4.78 is 0.757. The van der Waals surface area contributed by atoms with Gasteiger partial charge < -0.3 is 10.7 Å². The molecule has 4 N–H and O–H groups in total. The third kappa shape index (κ3) is 2.50. The van der Waals surface area contributed by atoms with Gasteiger partial charge in [0.2, 0.25) is 5.95 Å². The van der Waals surface area contributed by atoms with Crippen LogP contribution in [0.15, 0.2) is 46.9 Å². The van der Waals surface area contributed by atoms with Crippen LogP contribution in [0.1, 0.15) is 10.4 Å². The molecule has 0 spiro atoms. The Kier molecular flexibility index (Phi) is 3.15. The van der Waals surface area contributed by atoms with E-state index in [9.17, 15) is 4.79 Å². The van der Waals surface area contributed by atoms with E-state index in [-0.39, 0.29) is 5.91 Å². The molecule has 3 rings (SSSR count). The third-order valence-electron chi connectivity index (χ3n) is 2.80. The second-order valence-electron chi connectivity index (χ2n) is 4.33. The SMILES string of the molecule is Nc1cc(Br)cc(C(=O)Nc2nc3ccccc3[nH]2)c1. The van der Waals surface area contributed by atoms with Gasteiger partial charge in [-0.1, -0.05) is 28.1 Å². The zero-order valence-electron chi connectivity index (χ0n) is 10.4. The largest absolute Gasteiger partial charge is 0.399 e. The molecule has 0 aliphatic heterocycles. The number of para-hydroxylation sites is 2. The molecule has 100 valence electrons. The van der Waals surface area contributed by atoms with Gasteiger partial charge in [0.15, 0.2) is 0 Å². The molecule has 0 saturated heterocycles. The summed E-state index contributed by atoms with van der Waals surface area (Å²) in [6.45, 7) is 0. The fourth-order valence-corrected chi connectivity index (χ4v) is 2.45.